The highest BCUT2D eigenvalue weighted by atomic mass is 32.2. The van der Waals surface area contributed by atoms with Crippen molar-refractivity contribution in [1.82, 2.24) is 5.48 Å². The van der Waals surface area contributed by atoms with Crippen molar-refractivity contribution in [2.24, 2.45) is 0 Å². The maximum absolute atomic E-state index is 11.4. The standard InChI is InChI=1S/C14H21NO4S/c1-20(17,18)12-6-11-19-15-14(16)10-5-9-13-7-3-2-4-8-13/h2-4,7-8H,5-6,9-12H2,1H3,(H,15,16). The average Bonchev–Trinajstić information content (AvgIpc) is 2.38. The van der Waals surface area contributed by atoms with Gasteiger partial charge in [-0.1, -0.05) is 30.3 Å². The van der Waals surface area contributed by atoms with Crippen LogP contribution in [0, 0.1) is 0 Å². The lowest BCUT2D eigenvalue weighted by molar-refractivity contribution is -0.133. The summed E-state index contributed by atoms with van der Waals surface area (Å²) in [5.41, 5.74) is 3.52. The van der Waals surface area contributed by atoms with Gasteiger partial charge in [-0.3, -0.25) is 9.63 Å². The predicted octanol–water partition coefficient (Wildman–Crippen LogP) is 1.49. The largest absolute Gasteiger partial charge is 0.274 e. The van der Waals surface area contributed by atoms with Gasteiger partial charge in [-0.2, -0.15) is 0 Å². The van der Waals surface area contributed by atoms with Gasteiger partial charge in [0.25, 0.3) is 0 Å². The quantitative estimate of drug-likeness (QED) is 0.554. The summed E-state index contributed by atoms with van der Waals surface area (Å²) in [7, 11) is -2.96. The topological polar surface area (TPSA) is 72.5 Å². The first-order valence-corrected chi connectivity index (χ1v) is 8.66. The molecule has 0 bridgehead atoms. The minimum absolute atomic E-state index is 0.0663. The molecule has 0 aliphatic rings. The third-order valence-electron chi connectivity index (χ3n) is 2.66. The summed E-state index contributed by atoms with van der Waals surface area (Å²) < 4.78 is 21.7. The molecule has 1 amide bonds. The van der Waals surface area contributed by atoms with E-state index in [1.807, 2.05) is 30.3 Å². The summed E-state index contributed by atoms with van der Waals surface area (Å²) in [6.07, 6.45) is 3.55. The number of hydrogen-bond donors (Lipinski definition) is 1. The van der Waals surface area contributed by atoms with Crippen molar-refractivity contribution >= 4 is 15.7 Å². The summed E-state index contributed by atoms with van der Waals surface area (Å²) in [4.78, 5) is 16.4. The van der Waals surface area contributed by atoms with Gasteiger partial charge in [-0.15, -0.1) is 0 Å². The van der Waals surface area contributed by atoms with Gasteiger partial charge in [-0.05, 0) is 24.8 Å². The van der Waals surface area contributed by atoms with Gasteiger partial charge in [0.05, 0.1) is 12.4 Å². The van der Waals surface area contributed by atoms with Crippen molar-refractivity contribution in [3.05, 3.63) is 35.9 Å². The molecule has 0 atom stereocenters. The zero-order valence-corrected chi connectivity index (χ0v) is 12.5. The number of hydrogen-bond acceptors (Lipinski definition) is 4. The molecule has 0 saturated carbocycles. The lowest BCUT2D eigenvalue weighted by atomic mass is 10.1. The fourth-order valence-electron chi connectivity index (χ4n) is 1.67. The molecule has 0 spiro atoms. The first-order chi connectivity index (χ1) is 9.47. The molecule has 1 N–H and O–H groups in total. The fourth-order valence-corrected chi connectivity index (χ4v) is 2.32. The van der Waals surface area contributed by atoms with Crippen molar-refractivity contribution in [2.75, 3.05) is 18.6 Å². The predicted molar refractivity (Wildman–Crippen MR) is 77.8 cm³/mol. The van der Waals surface area contributed by atoms with Crippen LogP contribution in [0.4, 0.5) is 0 Å². The summed E-state index contributed by atoms with van der Waals surface area (Å²) in [5, 5.41) is 0. The Morgan fingerprint density at radius 2 is 1.90 bits per heavy atom. The van der Waals surface area contributed by atoms with E-state index in [9.17, 15) is 13.2 Å². The van der Waals surface area contributed by atoms with Crippen LogP contribution in [-0.2, 0) is 25.9 Å². The van der Waals surface area contributed by atoms with E-state index in [-0.39, 0.29) is 18.3 Å². The Kier molecular flexibility index (Phi) is 7.25. The molecular weight excluding hydrogens is 278 g/mol. The highest BCUT2D eigenvalue weighted by molar-refractivity contribution is 7.90. The van der Waals surface area contributed by atoms with E-state index in [0.29, 0.717) is 12.8 Å². The van der Waals surface area contributed by atoms with Crippen LogP contribution in [0.1, 0.15) is 24.8 Å². The SMILES string of the molecule is CS(=O)(=O)CCCONC(=O)CCCc1ccccc1. The number of sulfone groups is 1. The van der Waals surface area contributed by atoms with E-state index in [1.54, 1.807) is 0 Å². The fraction of sp³-hybridized carbons (Fsp3) is 0.500. The monoisotopic (exact) mass is 299 g/mol. The smallest absolute Gasteiger partial charge is 0.243 e. The Hall–Kier alpha value is -1.40. The third kappa shape index (κ3) is 8.66. The highest BCUT2D eigenvalue weighted by Gasteiger charge is 2.04. The van der Waals surface area contributed by atoms with E-state index in [4.69, 9.17) is 4.84 Å². The third-order valence-corrected chi connectivity index (χ3v) is 3.69. The number of rotatable bonds is 9. The summed E-state index contributed by atoms with van der Waals surface area (Å²) >= 11 is 0. The van der Waals surface area contributed by atoms with Crippen LogP contribution in [0.5, 0.6) is 0 Å². The number of nitrogens with one attached hydrogen (secondary N) is 1. The Labute approximate surface area is 120 Å². The molecule has 20 heavy (non-hydrogen) atoms. The van der Waals surface area contributed by atoms with Crippen molar-refractivity contribution in [3.8, 4) is 0 Å². The van der Waals surface area contributed by atoms with Crippen LogP contribution in [0.15, 0.2) is 30.3 Å². The molecule has 1 rings (SSSR count). The molecule has 0 unspecified atom stereocenters. The number of hydroxylamine groups is 1. The first-order valence-electron chi connectivity index (χ1n) is 6.59. The lowest BCUT2D eigenvalue weighted by Crippen LogP contribution is -2.24. The van der Waals surface area contributed by atoms with Crippen LogP contribution in [0.3, 0.4) is 0 Å². The van der Waals surface area contributed by atoms with Gasteiger partial charge < -0.3 is 0 Å². The van der Waals surface area contributed by atoms with Crippen LogP contribution in [0.25, 0.3) is 0 Å². The van der Waals surface area contributed by atoms with Crippen LogP contribution in [0.2, 0.25) is 0 Å². The second-order valence-electron chi connectivity index (χ2n) is 4.70. The normalized spacial score (nSPS) is 11.2. The minimum Gasteiger partial charge on any atom is -0.274 e. The first kappa shape index (κ1) is 16.7. The number of benzene rings is 1. The number of aryl methyl sites for hydroxylation is 1. The maximum Gasteiger partial charge on any atom is 0.243 e. The lowest BCUT2D eigenvalue weighted by Gasteiger charge is -2.05. The van der Waals surface area contributed by atoms with Crippen molar-refractivity contribution in [3.63, 3.8) is 0 Å². The second-order valence-corrected chi connectivity index (χ2v) is 6.96. The Morgan fingerprint density at radius 1 is 1.20 bits per heavy atom. The second kappa shape index (κ2) is 8.71. The molecule has 0 heterocycles. The van der Waals surface area contributed by atoms with Crippen molar-refractivity contribution in [2.45, 2.75) is 25.7 Å². The Morgan fingerprint density at radius 3 is 2.55 bits per heavy atom. The van der Waals surface area contributed by atoms with E-state index < -0.39 is 9.84 Å². The van der Waals surface area contributed by atoms with Gasteiger partial charge in [0, 0.05) is 12.7 Å². The average molecular weight is 299 g/mol. The van der Waals surface area contributed by atoms with Crippen LogP contribution < -0.4 is 5.48 Å². The van der Waals surface area contributed by atoms with Gasteiger partial charge in [0.15, 0.2) is 0 Å². The molecule has 112 valence electrons. The molecule has 1 aromatic rings. The van der Waals surface area contributed by atoms with Crippen molar-refractivity contribution in [1.29, 1.82) is 0 Å². The molecule has 5 nitrogen and oxygen atoms in total. The van der Waals surface area contributed by atoms with Gasteiger partial charge >= 0.3 is 0 Å². The van der Waals surface area contributed by atoms with Gasteiger partial charge in [-0.25, -0.2) is 13.9 Å². The Balaban J connectivity index is 2.03. The molecule has 0 fully saturated rings. The molecule has 0 radical (unpaired) electrons. The molecular formula is C14H21NO4S. The van der Waals surface area contributed by atoms with Gasteiger partial charge in [0.2, 0.25) is 5.91 Å². The van der Waals surface area contributed by atoms with E-state index >= 15 is 0 Å². The maximum atomic E-state index is 11.4. The number of carbonyl (C=O) groups excluding carboxylic acids is 1. The minimum atomic E-state index is -2.96. The molecule has 6 heteroatoms. The molecule has 1 aromatic carbocycles. The highest BCUT2D eigenvalue weighted by Crippen LogP contribution is 2.04. The Bertz CT molecular complexity index is 499. The van der Waals surface area contributed by atoms with Crippen molar-refractivity contribution < 1.29 is 18.0 Å². The van der Waals surface area contributed by atoms with Crippen LogP contribution in [-0.4, -0.2) is 32.9 Å². The van der Waals surface area contributed by atoms with E-state index in [1.165, 1.54) is 11.8 Å². The zero-order valence-electron chi connectivity index (χ0n) is 11.7. The van der Waals surface area contributed by atoms with Gasteiger partial charge in [0.1, 0.15) is 9.84 Å². The molecule has 0 aliphatic carbocycles. The summed E-state index contributed by atoms with van der Waals surface area (Å²) in [5.74, 6) is -0.114. The number of carbonyl (C=O) groups is 1. The number of amides is 1. The van der Waals surface area contributed by atoms with E-state index in [0.717, 1.165) is 12.8 Å². The summed E-state index contributed by atoms with van der Waals surface area (Å²) in [6, 6.07) is 9.96. The zero-order chi connectivity index (χ0) is 14.8. The molecule has 0 aliphatic heterocycles. The van der Waals surface area contributed by atoms with E-state index in [2.05, 4.69) is 5.48 Å². The summed E-state index contributed by atoms with van der Waals surface area (Å²) in [6.45, 7) is 0.206. The van der Waals surface area contributed by atoms with Crippen LogP contribution >= 0.6 is 0 Å². The molecule has 0 saturated heterocycles. The molecule has 0 aromatic heterocycles.